The number of para-hydroxylation sites is 1. The number of nitrogens with zero attached hydrogens (tertiary/aromatic N) is 1. The number of benzene rings is 1. The average Bonchev–Trinajstić information content (AvgIpc) is 2.35. The largest absolute Gasteiger partial charge is 0.468 e. The molecule has 4 nitrogen and oxygen atoms in total. The van der Waals surface area contributed by atoms with Crippen molar-refractivity contribution in [2.24, 2.45) is 5.73 Å². The number of methoxy groups -OCH3 is 1. The van der Waals surface area contributed by atoms with Gasteiger partial charge in [-0.3, -0.25) is 4.79 Å². The Bertz CT molecular complexity index is 421. The van der Waals surface area contributed by atoms with Crippen molar-refractivity contribution in [1.82, 2.24) is 0 Å². The molecule has 1 aromatic rings. The molecule has 100 valence electrons. The summed E-state index contributed by atoms with van der Waals surface area (Å²) in [5, 5.41) is 0. The van der Waals surface area contributed by atoms with E-state index in [1.165, 1.54) is 13.2 Å². The summed E-state index contributed by atoms with van der Waals surface area (Å²) in [6, 6.07) is 6.47. The maximum atomic E-state index is 13.5. The first-order valence-electron chi connectivity index (χ1n) is 5.71. The van der Waals surface area contributed by atoms with Gasteiger partial charge < -0.3 is 15.4 Å². The summed E-state index contributed by atoms with van der Waals surface area (Å²) in [5.41, 5.74) is 5.26. The van der Waals surface area contributed by atoms with Gasteiger partial charge in [0.15, 0.2) is 0 Å². The Morgan fingerprint density at radius 3 is 2.67 bits per heavy atom. The molecule has 0 spiro atoms. The number of hydrogen-bond acceptors (Lipinski definition) is 4. The third kappa shape index (κ3) is 3.43. The van der Waals surface area contributed by atoms with E-state index < -0.39 is 11.5 Å². The Kier molecular flexibility index (Phi) is 4.67. The molecule has 1 aromatic carbocycles. The first kappa shape index (κ1) is 14.4. The summed E-state index contributed by atoms with van der Waals surface area (Å²) in [6.07, 6.45) is 0.379. The number of ether oxygens (including phenoxy) is 1. The molecule has 0 saturated heterocycles. The Balaban J connectivity index is 2.64. The molecule has 18 heavy (non-hydrogen) atoms. The maximum Gasteiger partial charge on any atom is 0.325 e. The van der Waals surface area contributed by atoms with Crippen LogP contribution < -0.4 is 10.6 Å². The SMILES string of the molecule is COC(=O)C(C)(N)CCN(C)c1ccccc1F. The first-order chi connectivity index (χ1) is 8.38. The number of anilines is 1. The standard InChI is InChI=1S/C13H19FN2O2/c1-13(15,12(17)18-3)8-9-16(2)11-7-5-4-6-10(11)14/h4-7H,8-9,15H2,1-3H3. The van der Waals surface area contributed by atoms with E-state index in [2.05, 4.69) is 4.74 Å². The Hall–Kier alpha value is -1.62. The van der Waals surface area contributed by atoms with Crippen LogP contribution in [-0.2, 0) is 9.53 Å². The highest BCUT2D eigenvalue weighted by atomic mass is 19.1. The van der Waals surface area contributed by atoms with E-state index in [9.17, 15) is 9.18 Å². The summed E-state index contributed by atoms with van der Waals surface area (Å²) in [5.74, 6) is -0.763. The fourth-order valence-corrected chi connectivity index (χ4v) is 1.62. The number of hydrogen-bond donors (Lipinski definition) is 1. The zero-order chi connectivity index (χ0) is 13.8. The Morgan fingerprint density at radius 2 is 2.11 bits per heavy atom. The average molecular weight is 254 g/mol. The van der Waals surface area contributed by atoms with E-state index in [-0.39, 0.29) is 5.82 Å². The minimum Gasteiger partial charge on any atom is -0.468 e. The van der Waals surface area contributed by atoms with Crippen molar-refractivity contribution in [1.29, 1.82) is 0 Å². The van der Waals surface area contributed by atoms with Crippen LogP contribution in [0.25, 0.3) is 0 Å². The van der Waals surface area contributed by atoms with E-state index >= 15 is 0 Å². The second kappa shape index (κ2) is 5.82. The number of carbonyl (C=O) groups excluding carboxylic acids is 1. The molecule has 0 aliphatic heterocycles. The molecule has 0 heterocycles. The van der Waals surface area contributed by atoms with Crippen molar-refractivity contribution in [3.63, 3.8) is 0 Å². The highest BCUT2D eigenvalue weighted by Gasteiger charge is 2.29. The van der Waals surface area contributed by atoms with Crippen molar-refractivity contribution in [2.75, 3.05) is 25.6 Å². The molecular formula is C13H19FN2O2. The summed E-state index contributed by atoms with van der Waals surface area (Å²) < 4.78 is 18.1. The summed E-state index contributed by atoms with van der Waals surface area (Å²) in [6.45, 7) is 2.07. The van der Waals surface area contributed by atoms with Gasteiger partial charge in [-0.15, -0.1) is 0 Å². The van der Waals surface area contributed by atoms with Crippen LogP contribution in [0.3, 0.4) is 0 Å². The van der Waals surface area contributed by atoms with Gasteiger partial charge in [-0.05, 0) is 25.5 Å². The molecule has 0 radical (unpaired) electrons. The molecule has 2 N–H and O–H groups in total. The van der Waals surface area contributed by atoms with Gasteiger partial charge in [0.2, 0.25) is 0 Å². The predicted octanol–water partition coefficient (Wildman–Crippen LogP) is 1.54. The van der Waals surface area contributed by atoms with Crippen LogP contribution in [0.5, 0.6) is 0 Å². The fourth-order valence-electron chi connectivity index (χ4n) is 1.62. The van der Waals surface area contributed by atoms with Crippen LogP contribution >= 0.6 is 0 Å². The summed E-state index contributed by atoms with van der Waals surface area (Å²) >= 11 is 0. The van der Waals surface area contributed by atoms with Gasteiger partial charge in [0.1, 0.15) is 11.4 Å². The minimum absolute atomic E-state index is 0.295. The van der Waals surface area contributed by atoms with Gasteiger partial charge in [-0.1, -0.05) is 12.1 Å². The van der Waals surface area contributed by atoms with Crippen LogP contribution in [-0.4, -0.2) is 32.2 Å². The smallest absolute Gasteiger partial charge is 0.325 e. The minimum atomic E-state index is -1.06. The predicted molar refractivity (Wildman–Crippen MR) is 68.9 cm³/mol. The molecule has 0 aliphatic rings. The molecule has 0 bridgehead atoms. The molecule has 0 aromatic heterocycles. The molecule has 1 atom stereocenters. The summed E-state index contributed by atoms with van der Waals surface area (Å²) in [7, 11) is 3.06. The Morgan fingerprint density at radius 1 is 1.50 bits per heavy atom. The monoisotopic (exact) mass is 254 g/mol. The number of esters is 1. The van der Waals surface area contributed by atoms with Crippen LogP contribution in [0, 0.1) is 5.82 Å². The maximum absolute atomic E-state index is 13.5. The van der Waals surface area contributed by atoms with Crippen molar-refractivity contribution in [2.45, 2.75) is 18.9 Å². The molecule has 0 amide bonds. The lowest BCUT2D eigenvalue weighted by Crippen LogP contribution is -2.47. The van der Waals surface area contributed by atoms with Gasteiger partial charge in [0.25, 0.3) is 0 Å². The van der Waals surface area contributed by atoms with Gasteiger partial charge in [-0.2, -0.15) is 0 Å². The summed E-state index contributed by atoms with van der Waals surface area (Å²) in [4.78, 5) is 13.1. The zero-order valence-electron chi connectivity index (χ0n) is 10.9. The molecule has 1 rings (SSSR count). The second-order valence-corrected chi connectivity index (χ2v) is 4.53. The number of rotatable bonds is 5. The highest BCUT2D eigenvalue weighted by Crippen LogP contribution is 2.18. The molecule has 0 aliphatic carbocycles. The fraction of sp³-hybridized carbons (Fsp3) is 0.462. The first-order valence-corrected chi connectivity index (χ1v) is 5.71. The molecule has 0 saturated carbocycles. The molecule has 1 unspecified atom stereocenters. The van der Waals surface area contributed by atoms with Crippen molar-refractivity contribution in [3.05, 3.63) is 30.1 Å². The van der Waals surface area contributed by atoms with Gasteiger partial charge in [0, 0.05) is 13.6 Å². The lowest BCUT2D eigenvalue weighted by atomic mass is 9.99. The topological polar surface area (TPSA) is 55.6 Å². The van der Waals surface area contributed by atoms with Crippen LogP contribution in [0.4, 0.5) is 10.1 Å². The molecule has 0 fully saturated rings. The van der Waals surface area contributed by atoms with Crippen LogP contribution in [0.2, 0.25) is 0 Å². The lowest BCUT2D eigenvalue weighted by Gasteiger charge is -2.26. The number of nitrogens with two attached hydrogens (primary N) is 1. The van der Waals surface area contributed by atoms with E-state index in [1.54, 1.807) is 37.1 Å². The van der Waals surface area contributed by atoms with Crippen molar-refractivity contribution in [3.8, 4) is 0 Å². The van der Waals surface area contributed by atoms with Gasteiger partial charge >= 0.3 is 5.97 Å². The lowest BCUT2D eigenvalue weighted by molar-refractivity contribution is -0.146. The molecule has 5 heteroatoms. The third-order valence-corrected chi connectivity index (χ3v) is 2.88. The van der Waals surface area contributed by atoms with Crippen LogP contribution in [0.1, 0.15) is 13.3 Å². The molecular weight excluding hydrogens is 235 g/mol. The van der Waals surface area contributed by atoms with Crippen LogP contribution in [0.15, 0.2) is 24.3 Å². The number of halogens is 1. The quantitative estimate of drug-likeness (QED) is 0.810. The van der Waals surface area contributed by atoms with E-state index in [4.69, 9.17) is 5.73 Å². The number of carbonyl (C=O) groups is 1. The van der Waals surface area contributed by atoms with Crippen molar-refractivity contribution >= 4 is 11.7 Å². The van der Waals surface area contributed by atoms with Gasteiger partial charge in [-0.25, -0.2) is 4.39 Å². The van der Waals surface area contributed by atoms with E-state index in [1.807, 2.05) is 0 Å². The normalized spacial score (nSPS) is 13.8. The highest BCUT2D eigenvalue weighted by molar-refractivity contribution is 5.79. The van der Waals surface area contributed by atoms with Crippen molar-refractivity contribution < 1.29 is 13.9 Å². The Labute approximate surface area is 107 Å². The third-order valence-electron chi connectivity index (χ3n) is 2.88. The van der Waals surface area contributed by atoms with E-state index in [0.717, 1.165) is 0 Å². The van der Waals surface area contributed by atoms with E-state index in [0.29, 0.717) is 18.7 Å². The van der Waals surface area contributed by atoms with Gasteiger partial charge in [0.05, 0.1) is 12.8 Å². The zero-order valence-corrected chi connectivity index (χ0v) is 10.9. The second-order valence-electron chi connectivity index (χ2n) is 4.53.